The van der Waals surface area contributed by atoms with E-state index in [1.165, 1.54) is 26.1 Å². The fraction of sp³-hybridized carbons (Fsp3) is 0.474. The van der Waals surface area contributed by atoms with Crippen molar-refractivity contribution >= 4 is 5.97 Å². The monoisotopic (exact) mass is 342 g/mol. The third kappa shape index (κ3) is 2.75. The molecule has 4 rings (SSSR count). The molecule has 1 fully saturated rings. The molecule has 0 saturated heterocycles. The second-order valence-electron chi connectivity index (χ2n) is 6.99. The number of hydrogen-bond donors (Lipinski definition) is 0. The van der Waals surface area contributed by atoms with E-state index in [9.17, 15) is 10.0 Å². The van der Waals surface area contributed by atoms with E-state index >= 15 is 0 Å². The Bertz CT molecular complexity index is 792. The fourth-order valence-electron chi connectivity index (χ4n) is 4.25. The smallest absolute Gasteiger partial charge is 0.382 e. The molecule has 1 aromatic heterocycles. The lowest BCUT2D eigenvalue weighted by Crippen LogP contribution is -2.44. The Balaban J connectivity index is 1.82. The van der Waals surface area contributed by atoms with Gasteiger partial charge < -0.3 is 14.7 Å². The third-order valence-electron chi connectivity index (χ3n) is 5.43. The molecule has 0 bridgehead atoms. The highest BCUT2D eigenvalue weighted by molar-refractivity contribution is 5.87. The molecule has 1 saturated carbocycles. The van der Waals surface area contributed by atoms with Gasteiger partial charge in [0.1, 0.15) is 23.6 Å². The Hall–Kier alpha value is -2.50. The first-order chi connectivity index (χ1) is 12.1. The summed E-state index contributed by atoms with van der Waals surface area (Å²) in [5, 5.41) is 11.9. The Morgan fingerprint density at radius 1 is 1.32 bits per heavy atom. The van der Waals surface area contributed by atoms with Crippen molar-refractivity contribution in [3.05, 3.63) is 53.3 Å². The van der Waals surface area contributed by atoms with Crippen molar-refractivity contribution in [3.63, 3.8) is 0 Å². The minimum atomic E-state index is -0.503. The Morgan fingerprint density at radius 3 is 2.84 bits per heavy atom. The molecule has 1 atom stereocenters. The van der Waals surface area contributed by atoms with Gasteiger partial charge in [-0.1, -0.05) is 24.6 Å². The second kappa shape index (κ2) is 6.10. The second-order valence-corrected chi connectivity index (χ2v) is 6.99. The SMILES string of the molecule is COC(=O)c1c[n+]([O-])cn1C1CC2(CCCCC2)Oc2ccccc21. The van der Waals surface area contributed by atoms with E-state index < -0.39 is 5.97 Å². The Kier molecular flexibility index (Phi) is 3.90. The lowest BCUT2D eigenvalue weighted by atomic mass is 9.77. The maximum absolute atomic E-state index is 12.1. The number of benzene rings is 1. The van der Waals surface area contributed by atoms with Crippen LogP contribution in [0.4, 0.5) is 0 Å². The average molecular weight is 342 g/mol. The van der Waals surface area contributed by atoms with E-state index in [1.807, 2.05) is 24.3 Å². The summed E-state index contributed by atoms with van der Waals surface area (Å²) >= 11 is 0. The molecule has 132 valence electrons. The molecule has 1 aromatic carbocycles. The van der Waals surface area contributed by atoms with Crippen LogP contribution in [0.2, 0.25) is 0 Å². The molecule has 6 nitrogen and oxygen atoms in total. The highest BCUT2D eigenvalue weighted by atomic mass is 16.5. The summed E-state index contributed by atoms with van der Waals surface area (Å²) in [5.41, 5.74) is 1.05. The van der Waals surface area contributed by atoms with Crippen LogP contribution in [0.15, 0.2) is 36.8 Å². The van der Waals surface area contributed by atoms with Gasteiger partial charge in [-0.15, -0.1) is 0 Å². The highest BCUT2D eigenvalue weighted by Gasteiger charge is 2.45. The standard InChI is InChI=1S/C19H22N2O4/c1-24-18(22)16-12-20(23)13-21(16)15-11-19(9-5-2-6-10-19)25-17-8-4-3-7-14(15)17/h3-4,7-8,12-13,15H,2,5-6,9-11H2,1H3. The van der Waals surface area contributed by atoms with Crippen LogP contribution >= 0.6 is 0 Å². The Labute approximate surface area is 146 Å². The number of rotatable bonds is 2. The zero-order valence-electron chi connectivity index (χ0n) is 14.3. The topological polar surface area (TPSA) is 67.4 Å². The molecule has 2 heterocycles. The van der Waals surface area contributed by atoms with E-state index in [1.54, 1.807) is 4.57 Å². The first-order valence-electron chi connectivity index (χ1n) is 8.79. The van der Waals surface area contributed by atoms with Crippen molar-refractivity contribution in [1.82, 2.24) is 4.57 Å². The number of carbonyl (C=O) groups is 1. The number of imidazole rings is 1. The summed E-state index contributed by atoms with van der Waals surface area (Å²) < 4.78 is 13.7. The average Bonchev–Trinajstić information content (AvgIpc) is 3.02. The molecule has 1 aliphatic heterocycles. The normalized spacial score (nSPS) is 21.4. The zero-order valence-corrected chi connectivity index (χ0v) is 14.3. The van der Waals surface area contributed by atoms with Gasteiger partial charge in [0.25, 0.3) is 5.69 Å². The summed E-state index contributed by atoms with van der Waals surface area (Å²) in [4.78, 5) is 12.1. The largest absolute Gasteiger partial charge is 0.711 e. The van der Waals surface area contributed by atoms with Crippen LogP contribution in [0.1, 0.15) is 60.6 Å². The highest BCUT2D eigenvalue weighted by Crippen LogP contribution is 2.47. The molecule has 1 spiro atoms. The summed E-state index contributed by atoms with van der Waals surface area (Å²) in [6, 6.07) is 7.78. The van der Waals surface area contributed by atoms with Crippen LogP contribution in [0.25, 0.3) is 0 Å². The summed E-state index contributed by atoms with van der Waals surface area (Å²) in [6.45, 7) is 0. The van der Waals surface area contributed by atoms with Crippen LogP contribution < -0.4 is 9.47 Å². The van der Waals surface area contributed by atoms with Gasteiger partial charge in [-0.05, 0) is 31.7 Å². The lowest BCUT2D eigenvalue weighted by molar-refractivity contribution is -0.605. The number of nitrogens with zero attached hydrogens (tertiary/aromatic N) is 2. The van der Waals surface area contributed by atoms with Crippen molar-refractivity contribution in [1.29, 1.82) is 0 Å². The maximum atomic E-state index is 12.1. The van der Waals surface area contributed by atoms with Crippen molar-refractivity contribution in [2.45, 2.75) is 50.2 Å². The minimum Gasteiger partial charge on any atom is -0.711 e. The van der Waals surface area contributed by atoms with Crippen LogP contribution in [0.3, 0.4) is 0 Å². The molecule has 25 heavy (non-hydrogen) atoms. The van der Waals surface area contributed by atoms with Gasteiger partial charge in [-0.2, -0.15) is 0 Å². The summed E-state index contributed by atoms with van der Waals surface area (Å²) in [5.74, 6) is 0.346. The number of carbonyl (C=O) groups excluding carboxylic acids is 1. The third-order valence-corrected chi connectivity index (χ3v) is 5.43. The van der Waals surface area contributed by atoms with Crippen molar-refractivity contribution in [3.8, 4) is 5.75 Å². The molecular formula is C19H22N2O4. The minimum absolute atomic E-state index is 0.118. The predicted molar refractivity (Wildman–Crippen MR) is 90.4 cm³/mol. The van der Waals surface area contributed by atoms with Crippen molar-refractivity contribution in [2.24, 2.45) is 0 Å². The molecule has 1 aliphatic carbocycles. The van der Waals surface area contributed by atoms with E-state index in [-0.39, 0.29) is 17.3 Å². The van der Waals surface area contributed by atoms with Gasteiger partial charge in [0.2, 0.25) is 6.33 Å². The summed E-state index contributed by atoms with van der Waals surface area (Å²) in [7, 11) is 1.33. The lowest BCUT2D eigenvalue weighted by Gasteiger charge is -2.43. The number of ether oxygens (including phenoxy) is 2. The summed E-state index contributed by atoms with van der Waals surface area (Å²) in [6.07, 6.45) is 8.98. The molecule has 2 aromatic rings. The Morgan fingerprint density at radius 2 is 2.08 bits per heavy atom. The first kappa shape index (κ1) is 16.0. The zero-order chi connectivity index (χ0) is 17.4. The van der Waals surface area contributed by atoms with Crippen molar-refractivity contribution < 1.29 is 19.0 Å². The van der Waals surface area contributed by atoms with Gasteiger partial charge >= 0.3 is 5.97 Å². The van der Waals surface area contributed by atoms with E-state index in [4.69, 9.17) is 9.47 Å². The molecule has 0 amide bonds. The van der Waals surface area contributed by atoms with E-state index in [0.717, 1.165) is 43.4 Å². The van der Waals surface area contributed by atoms with Crippen molar-refractivity contribution in [2.75, 3.05) is 7.11 Å². The molecule has 0 radical (unpaired) electrons. The van der Waals surface area contributed by atoms with E-state index in [0.29, 0.717) is 4.73 Å². The van der Waals surface area contributed by atoms with Gasteiger partial charge in [0.05, 0.1) is 7.11 Å². The number of esters is 1. The predicted octanol–water partition coefficient (Wildman–Crippen LogP) is 2.98. The fourth-order valence-corrected chi connectivity index (χ4v) is 4.25. The maximum Gasteiger partial charge on any atom is 0.382 e. The van der Waals surface area contributed by atoms with E-state index in [2.05, 4.69) is 0 Å². The van der Waals surface area contributed by atoms with Crippen LogP contribution in [-0.2, 0) is 4.74 Å². The molecule has 2 aliphatic rings. The number of aromatic nitrogens is 2. The molecule has 6 heteroatoms. The number of fused-ring (bicyclic) bond motifs is 1. The van der Waals surface area contributed by atoms with Crippen LogP contribution in [-0.4, -0.2) is 23.2 Å². The molecular weight excluding hydrogens is 320 g/mol. The van der Waals surface area contributed by atoms with Crippen LogP contribution in [0, 0.1) is 5.21 Å². The van der Waals surface area contributed by atoms with Gasteiger partial charge in [-0.3, -0.25) is 0 Å². The van der Waals surface area contributed by atoms with Gasteiger partial charge in [0.15, 0.2) is 0 Å². The number of para-hydroxylation sites is 1. The quantitative estimate of drug-likeness (QED) is 0.478. The van der Waals surface area contributed by atoms with Gasteiger partial charge in [-0.25, -0.2) is 14.1 Å². The number of methoxy groups -OCH3 is 1. The van der Waals surface area contributed by atoms with Gasteiger partial charge in [0, 0.05) is 12.0 Å². The first-order valence-corrected chi connectivity index (χ1v) is 8.79. The van der Waals surface area contributed by atoms with Crippen LogP contribution in [0.5, 0.6) is 5.75 Å². The molecule has 1 unspecified atom stereocenters. The number of hydrogen-bond acceptors (Lipinski definition) is 4. The molecule has 0 N–H and O–H groups in total.